The summed E-state index contributed by atoms with van der Waals surface area (Å²) in [5.41, 5.74) is 3.01. The van der Waals surface area contributed by atoms with E-state index in [0.29, 0.717) is 11.6 Å². The normalized spacial score (nSPS) is 15.6. The minimum Gasteiger partial charge on any atom is -0.491 e. The van der Waals surface area contributed by atoms with Crippen molar-refractivity contribution < 1.29 is 14.3 Å². The topological polar surface area (TPSA) is 47.9 Å². The molecule has 24 heavy (non-hydrogen) atoms. The van der Waals surface area contributed by atoms with Crippen LogP contribution in [0.2, 0.25) is 0 Å². The van der Waals surface area contributed by atoms with E-state index in [1.54, 1.807) is 6.08 Å². The zero-order valence-electron chi connectivity index (χ0n) is 13.9. The number of rotatable bonds is 4. The van der Waals surface area contributed by atoms with Crippen LogP contribution >= 0.6 is 0 Å². The molecule has 4 heteroatoms. The molecule has 4 nitrogen and oxygen atoms in total. The van der Waals surface area contributed by atoms with E-state index in [2.05, 4.69) is 4.99 Å². The van der Waals surface area contributed by atoms with Crippen molar-refractivity contribution in [2.75, 3.05) is 0 Å². The lowest BCUT2D eigenvalue weighted by Gasteiger charge is -2.09. The number of aryl methyl sites for hydroxylation is 1. The molecule has 1 aliphatic heterocycles. The first-order valence-corrected chi connectivity index (χ1v) is 7.88. The van der Waals surface area contributed by atoms with Crippen LogP contribution in [0, 0.1) is 6.92 Å². The number of esters is 1. The van der Waals surface area contributed by atoms with Gasteiger partial charge in [-0.1, -0.05) is 30.3 Å². The van der Waals surface area contributed by atoms with Crippen molar-refractivity contribution in [1.29, 1.82) is 0 Å². The predicted octanol–water partition coefficient (Wildman–Crippen LogP) is 4.13. The third-order valence-corrected chi connectivity index (χ3v) is 3.55. The molecule has 0 atom stereocenters. The van der Waals surface area contributed by atoms with Crippen molar-refractivity contribution >= 4 is 17.9 Å². The average Bonchev–Trinajstić information content (AvgIpc) is 2.90. The molecule has 2 aromatic rings. The second-order valence-electron chi connectivity index (χ2n) is 5.89. The van der Waals surface area contributed by atoms with Gasteiger partial charge in [-0.15, -0.1) is 0 Å². The lowest BCUT2D eigenvalue weighted by atomic mass is 10.1. The average molecular weight is 321 g/mol. The number of carbonyl (C=O) groups excluding carboxylic acids is 1. The third-order valence-electron chi connectivity index (χ3n) is 3.55. The second kappa shape index (κ2) is 6.71. The molecule has 0 saturated heterocycles. The maximum atomic E-state index is 12.1. The molecule has 0 fully saturated rings. The summed E-state index contributed by atoms with van der Waals surface area (Å²) in [5.74, 6) is 0.713. The summed E-state index contributed by atoms with van der Waals surface area (Å²) in [4.78, 5) is 16.4. The van der Waals surface area contributed by atoms with Gasteiger partial charge in [-0.3, -0.25) is 0 Å². The first-order chi connectivity index (χ1) is 11.5. The summed E-state index contributed by atoms with van der Waals surface area (Å²) in [6.07, 6.45) is 1.84. The third kappa shape index (κ3) is 3.54. The molecule has 0 N–H and O–H groups in total. The van der Waals surface area contributed by atoms with Gasteiger partial charge < -0.3 is 9.47 Å². The van der Waals surface area contributed by atoms with Crippen LogP contribution in [0.3, 0.4) is 0 Å². The Kier molecular flexibility index (Phi) is 4.47. The van der Waals surface area contributed by atoms with Gasteiger partial charge in [0.05, 0.1) is 6.10 Å². The fourth-order valence-corrected chi connectivity index (χ4v) is 2.41. The molecule has 1 heterocycles. The summed E-state index contributed by atoms with van der Waals surface area (Å²) < 4.78 is 10.9. The predicted molar refractivity (Wildman–Crippen MR) is 94.0 cm³/mol. The van der Waals surface area contributed by atoms with Gasteiger partial charge in [0.25, 0.3) is 0 Å². The molecule has 0 bridgehead atoms. The Bertz CT molecular complexity index is 817. The number of hydrogen-bond donors (Lipinski definition) is 0. The second-order valence-corrected chi connectivity index (χ2v) is 5.89. The number of benzene rings is 2. The maximum absolute atomic E-state index is 12.1. The lowest BCUT2D eigenvalue weighted by Crippen LogP contribution is -2.06. The van der Waals surface area contributed by atoms with Gasteiger partial charge in [-0.2, -0.15) is 0 Å². The van der Waals surface area contributed by atoms with E-state index in [1.165, 1.54) is 0 Å². The fraction of sp³-hybridized carbons (Fsp3) is 0.200. The van der Waals surface area contributed by atoms with Gasteiger partial charge >= 0.3 is 5.97 Å². The number of ether oxygens (including phenoxy) is 2. The highest BCUT2D eigenvalue weighted by atomic mass is 16.6. The van der Waals surface area contributed by atoms with Crippen LogP contribution in [0.1, 0.15) is 30.5 Å². The summed E-state index contributed by atoms with van der Waals surface area (Å²) in [6, 6.07) is 15.2. The van der Waals surface area contributed by atoms with Gasteiger partial charge in [-0.25, -0.2) is 9.79 Å². The van der Waals surface area contributed by atoms with E-state index in [4.69, 9.17) is 9.47 Å². The molecule has 2 aromatic carbocycles. The Balaban J connectivity index is 1.85. The Morgan fingerprint density at radius 2 is 1.79 bits per heavy atom. The van der Waals surface area contributed by atoms with E-state index >= 15 is 0 Å². The van der Waals surface area contributed by atoms with Gasteiger partial charge in [0.2, 0.25) is 5.90 Å². The monoisotopic (exact) mass is 321 g/mol. The first-order valence-electron chi connectivity index (χ1n) is 7.88. The largest absolute Gasteiger partial charge is 0.491 e. The van der Waals surface area contributed by atoms with Crippen LogP contribution in [-0.4, -0.2) is 18.0 Å². The number of hydrogen-bond acceptors (Lipinski definition) is 4. The molecule has 0 spiro atoms. The standard InChI is InChI=1S/C20H19NO3/c1-13(2)23-16-10-8-15(9-11-16)12-18-20(22)24-19(21-18)17-7-5-4-6-14(17)3/h4-13H,1-3H3/b18-12+. The van der Waals surface area contributed by atoms with Crippen molar-refractivity contribution in [2.45, 2.75) is 26.9 Å². The van der Waals surface area contributed by atoms with Crippen molar-refractivity contribution in [3.8, 4) is 5.75 Å². The minimum atomic E-state index is -0.434. The highest BCUT2D eigenvalue weighted by molar-refractivity contribution is 6.13. The number of carbonyl (C=O) groups is 1. The molecule has 0 saturated carbocycles. The first kappa shape index (κ1) is 16.0. The number of nitrogens with zero attached hydrogens (tertiary/aromatic N) is 1. The van der Waals surface area contributed by atoms with Crippen LogP contribution in [0.5, 0.6) is 5.75 Å². The Labute approximate surface area is 141 Å². The minimum absolute atomic E-state index is 0.125. The smallest absolute Gasteiger partial charge is 0.363 e. The Morgan fingerprint density at radius 1 is 1.08 bits per heavy atom. The molecule has 0 aliphatic carbocycles. The summed E-state index contributed by atoms with van der Waals surface area (Å²) in [6.45, 7) is 5.92. The van der Waals surface area contributed by atoms with Gasteiger partial charge in [0.1, 0.15) is 5.75 Å². The van der Waals surface area contributed by atoms with E-state index in [0.717, 1.165) is 22.4 Å². The SMILES string of the molecule is Cc1ccccc1C1=N/C(=C/c2ccc(OC(C)C)cc2)C(=O)O1. The maximum Gasteiger partial charge on any atom is 0.363 e. The highest BCUT2D eigenvalue weighted by Crippen LogP contribution is 2.22. The van der Waals surface area contributed by atoms with Crippen LogP contribution < -0.4 is 4.74 Å². The molecule has 122 valence electrons. The van der Waals surface area contributed by atoms with Crippen molar-refractivity contribution in [2.24, 2.45) is 4.99 Å². The Hall–Kier alpha value is -2.88. The van der Waals surface area contributed by atoms with Crippen LogP contribution in [0.25, 0.3) is 6.08 Å². The van der Waals surface area contributed by atoms with Crippen LogP contribution in [-0.2, 0) is 9.53 Å². The summed E-state index contributed by atoms with van der Waals surface area (Å²) >= 11 is 0. The molecule has 0 aromatic heterocycles. The molecule has 0 amide bonds. The molecular weight excluding hydrogens is 302 g/mol. The van der Waals surface area contributed by atoms with E-state index < -0.39 is 5.97 Å². The summed E-state index contributed by atoms with van der Waals surface area (Å²) in [5, 5.41) is 0. The van der Waals surface area contributed by atoms with Gasteiger partial charge in [-0.05, 0) is 56.2 Å². The fourth-order valence-electron chi connectivity index (χ4n) is 2.41. The van der Waals surface area contributed by atoms with Crippen LogP contribution in [0.4, 0.5) is 0 Å². The lowest BCUT2D eigenvalue weighted by molar-refractivity contribution is -0.129. The molecule has 3 rings (SSSR count). The molecule has 1 aliphatic rings. The van der Waals surface area contributed by atoms with E-state index in [-0.39, 0.29) is 6.10 Å². The van der Waals surface area contributed by atoms with Crippen molar-refractivity contribution in [3.63, 3.8) is 0 Å². The van der Waals surface area contributed by atoms with E-state index in [9.17, 15) is 4.79 Å². The number of aliphatic imine (C=N–C) groups is 1. The molecule has 0 unspecified atom stereocenters. The number of cyclic esters (lactones) is 1. The van der Waals surface area contributed by atoms with Crippen LogP contribution in [0.15, 0.2) is 59.2 Å². The van der Waals surface area contributed by atoms with Gasteiger partial charge in [0.15, 0.2) is 5.70 Å². The van der Waals surface area contributed by atoms with E-state index in [1.807, 2.05) is 69.3 Å². The zero-order chi connectivity index (χ0) is 17.1. The molecular formula is C20H19NO3. The Morgan fingerprint density at radius 3 is 2.46 bits per heavy atom. The summed E-state index contributed by atoms with van der Waals surface area (Å²) in [7, 11) is 0. The highest BCUT2D eigenvalue weighted by Gasteiger charge is 2.24. The molecule has 0 radical (unpaired) electrons. The van der Waals surface area contributed by atoms with Gasteiger partial charge in [0, 0.05) is 5.56 Å². The quantitative estimate of drug-likeness (QED) is 0.628. The van der Waals surface area contributed by atoms with Crippen molar-refractivity contribution in [1.82, 2.24) is 0 Å². The zero-order valence-corrected chi connectivity index (χ0v) is 13.9. The van der Waals surface area contributed by atoms with Crippen molar-refractivity contribution in [3.05, 3.63) is 70.9 Å².